The van der Waals surface area contributed by atoms with Crippen molar-refractivity contribution in [2.45, 2.75) is 307 Å². The number of hydrogen-bond donors (Lipinski definition) is 6. The molecule has 0 radical (unpaired) electrons. The number of hydrogen-bond acceptors (Lipinski definition) is 13. The van der Waals surface area contributed by atoms with E-state index in [9.17, 15) is 40.2 Å². The van der Waals surface area contributed by atoms with Crippen molar-refractivity contribution in [2.75, 3.05) is 13.2 Å². The standard InChI is InChI=1S/C54H102O13/c1-5-9-13-17-21-25-29-33-41(34-30-26-22-18-14-10-6-2)37-45(55)63-39-43-47(57)49(59)51(61)53(65-43)67-54-52(62)50(60)48(58)44(66-54)40-64-46(56)38-42(35-31-27-23-19-15-11-7-3)36-32-28-24-20-16-12-8-4/h41-44,47-54,57-62H,5-40H2,1-4H3/t43?,44?,47-,48-,49-,50-,51?,52?,53-,54-/m0/s1. The van der Waals surface area contributed by atoms with Crippen molar-refractivity contribution >= 4 is 11.9 Å². The van der Waals surface area contributed by atoms with Crippen LogP contribution >= 0.6 is 0 Å². The lowest BCUT2D eigenvalue weighted by atomic mass is 9.91. The monoisotopic (exact) mass is 959 g/mol. The number of rotatable bonds is 42. The van der Waals surface area contributed by atoms with Gasteiger partial charge < -0.3 is 54.3 Å². The smallest absolute Gasteiger partial charge is 0.306 e. The summed E-state index contributed by atoms with van der Waals surface area (Å²) in [6.07, 6.45) is 21.2. The minimum Gasteiger partial charge on any atom is -0.463 e. The summed E-state index contributed by atoms with van der Waals surface area (Å²) in [6, 6.07) is 0. The van der Waals surface area contributed by atoms with Crippen LogP contribution in [0.15, 0.2) is 0 Å². The van der Waals surface area contributed by atoms with Crippen LogP contribution in [-0.2, 0) is 33.3 Å². The summed E-state index contributed by atoms with van der Waals surface area (Å²) in [5, 5.41) is 65.0. The van der Waals surface area contributed by atoms with E-state index in [1.807, 2.05) is 0 Å². The van der Waals surface area contributed by atoms with Crippen LogP contribution in [0.3, 0.4) is 0 Å². The number of aliphatic hydroxyl groups is 6. The maximum Gasteiger partial charge on any atom is 0.306 e. The molecule has 10 atom stereocenters. The molecule has 0 aromatic rings. The van der Waals surface area contributed by atoms with Gasteiger partial charge in [-0.1, -0.05) is 207 Å². The Kier molecular flexibility index (Phi) is 36.1. The minimum atomic E-state index is -1.81. The number of ether oxygens (including phenoxy) is 5. The average Bonchev–Trinajstić information content (AvgIpc) is 3.31. The molecule has 2 aliphatic rings. The van der Waals surface area contributed by atoms with Gasteiger partial charge in [0.1, 0.15) is 62.0 Å². The van der Waals surface area contributed by atoms with Crippen LogP contribution in [0, 0.1) is 11.8 Å². The van der Waals surface area contributed by atoms with Gasteiger partial charge in [-0.3, -0.25) is 9.59 Å². The van der Waals surface area contributed by atoms with Crippen molar-refractivity contribution in [3.8, 4) is 0 Å². The van der Waals surface area contributed by atoms with Crippen molar-refractivity contribution in [1.82, 2.24) is 0 Å². The molecule has 13 nitrogen and oxygen atoms in total. The predicted molar refractivity (Wildman–Crippen MR) is 263 cm³/mol. The SMILES string of the molecule is CCCCCCCCCC(CCCCCCCCC)CC(=O)OCC1O[C@@H](O[C@@H]2OC(COC(=O)CC(CCCCCCCCC)CCCCCCCCC)[C@H](O)[C@H](O)C2O)C(O)[C@@H](O)[C@H]1O. The Morgan fingerprint density at radius 2 is 0.627 bits per heavy atom. The zero-order valence-corrected chi connectivity index (χ0v) is 42.9. The van der Waals surface area contributed by atoms with E-state index >= 15 is 0 Å². The van der Waals surface area contributed by atoms with Gasteiger partial charge in [-0.05, 0) is 37.5 Å². The highest BCUT2D eigenvalue weighted by Gasteiger charge is 2.50. The Labute approximate surface area is 407 Å². The molecule has 2 saturated heterocycles. The fraction of sp³-hybridized carbons (Fsp3) is 0.963. The second-order valence-corrected chi connectivity index (χ2v) is 20.3. The lowest BCUT2D eigenvalue weighted by Gasteiger charge is -2.44. The third-order valence-corrected chi connectivity index (χ3v) is 14.2. The maximum absolute atomic E-state index is 13.2. The molecule has 2 rings (SSSR count). The summed E-state index contributed by atoms with van der Waals surface area (Å²) in [7, 11) is 0. The zero-order valence-electron chi connectivity index (χ0n) is 42.9. The Hall–Kier alpha value is -1.42. The van der Waals surface area contributed by atoms with Gasteiger partial charge in [0.15, 0.2) is 12.6 Å². The Morgan fingerprint density at radius 1 is 0.373 bits per heavy atom. The molecule has 0 aliphatic carbocycles. The van der Waals surface area contributed by atoms with Gasteiger partial charge >= 0.3 is 11.9 Å². The van der Waals surface area contributed by atoms with Crippen LogP contribution in [-0.4, -0.2) is 117 Å². The Morgan fingerprint density at radius 3 is 0.896 bits per heavy atom. The van der Waals surface area contributed by atoms with E-state index < -0.39 is 86.6 Å². The number of aliphatic hydroxyl groups excluding tert-OH is 6. The van der Waals surface area contributed by atoms with E-state index in [0.717, 1.165) is 77.0 Å². The van der Waals surface area contributed by atoms with Crippen molar-refractivity contribution < 1.29 is 63.9 Å². The lowest BCUT2D eigenvalue weighted by molar-refractivity contribution is -0.376. The number of carbonyl (C=O) groups is 2. The second-order valence-electron chi connectivity index (χ2n) is 20.3. The highest BCUT2D eigenvalue weighted by atomic mass is 16.8. The van der Waals surface area contributed by atoms with E-state index in [2.05, 4.69) is 27.7 Å². The summed E-state index contributed by atoms with van der Waals surface area (Å²) < 4.78 is 28.6. The molecule has 4 unspecified atom stereocenters. The molecular formula is C54H102O13. The number of esters is 2. The first-order valence-corrected chi connectivity index (χ1v) is 27.8. The minimum absolute atomic E-state index is 0.171. The number of carbonyl (C=O) groups excluding carboxylic acids is 2. The van der Waals surface area contributed by atoms with Crippen LogP contribution in [0.4, 0.5) is 0 Å². The van der Waals surface area contributed by atoms with Crippen molar-refractivity contribution in [1.29, 1.82) is 0 Å². The van der Waals surface area contributed by atoms with Crippen molar-refractivity contribution in [3.05, 3.63) is 0 Å². The fourth-order valence-corrected chi connectivity index (χ4v) is 9.66. The third-order valence-electron chi connectivity index (χ3n) is 14.2. The molecule has 13 heteroatoms. The molecular weight excluding hydrogens is 857 g/mol. The highest BCUT2D eigenvalue weighted by Crippen LogP contribution is 2.30. The Bertz CT molecular complexity index is 1070. The van der Waals surface area contributed by atoms with Gasteiger partial charge in [-0.25, -0.2) is 0 Å². The molecule has 0 aromatic heterocycles. The average molecular weight is 959 g/mol. The quantitative estimate of drug-likeness (QED) is 0.0250. The van der Waals surface area contributed by atoms with Gasteiger partial charge in [0.25, 0.3) is 0 Å². The van der Waals surface area contributed by atoms with Gasteiger partial charge in [0.05, 0.1) is 0 Å². The first-order valence-electron chi connectivity index (χ1n) is 27.8. The van der Waals surface area contributed by atoms with Crippen LogP contribution in [0.25, 0.3) is 0 Å². The first kappa shape index (κ1) is 61.7. The maximum atomic E-state index is 13.2. The molecule has 2 aliphatic heterocycles. The molecule has 0 spiro atoms. The largest absolute Gasteiger partial charge is 0.463 e. The predicted octanol–water partition coefficient (Wildman–Crippen LogP) is 10.3. The summed E-state index contributed by atoms with van der Waals surface area (Å²) in [6.45, 7) is 8.01. The van der Waals surface area contributed by atoms with Crippen LogP contribution in [0.2, 0.25) is 0 Å². The summed E-state index contributed by atoms with van der Waals surface area (Å²) in [4.78, 5) is 26.5. The van der Waals surface area contributed by atoms with Crippen molar-refractivity contribution in [3.63, 3.8) is 0 Å². The van der Waals surface area contributed by atoms with Gasteiger partial charge in [-0.15, -0.1) is 0 Å². The molecule has 2 heterocycles. The summed E-state index contributed by atoms with van der Waals surface area (Å²) in [5.74, 6) is -0.534. The van der Waals surface area contributed by atoms with Crippen molar-refractivity contribution in [2.24, 2.45) is 11.8 Å². The summed E-state index contributed by atoms with van der Waals surface area (Å²) >= 11 is 0. The zero-order chi connectivity index (χ0) is 49.1. The third kappa shape index (κ3) is 27.1. The molecule has 6 N–H and O–H groups in total. The normalized spacial score (nSPS) is 25.6. The van der Waals surface area contributed by atoms with E-state index in [0.29, 0.717) is 0 Å². The molecule has 396 valence electrons. The van der Waals surface area contributed by atoms with Gasteiger partial charge in [-0.2, -0.15) is 0 Å². The highest BCUT2D eigenvalue weighted by molar-refractivity contribution is 5.70. The molecule has 0 saturated carbocycles. The first-order chi connectivity index (χ1) is 32.5. The van der Waals surface area contributed by atoms with E-state index in [1.165, 1.54) is 128 Å². The second kappa shape index (κ2) is 39.2. The van der Waals surface area contributed by atoms with Crippen LogP contribution in [0.1, 0.15) is 246 Å². The molecule has 2 fully saturated rings. The van der Waals surface area contributed by atoms with Crippen LogP contribution in [0.5, 0.6) is 0 Å². The fourth-order valence-electron chi connectivity index (χ4n) is 9.66. The molecule has 67 heavy (non-hydrogen) atoms. The van der Waals surface area contributed by atoms with Crippen LogP contribution < -0.4 is 0 Å². The van der Waals surface area contributed by atoms with E-state index in [1.54, 1.807) is 0 Å². The van der Waals surface area contributed by atoms with E-state index in [4.69, 9.17) is 23.7 Å². The molecule has 0 bridgehead atoms. The number of unbranched alkanes of at least 4 members (excludes halogenated alkanes) is 24. The van der Waals surface area contributed by atoms with Gasteiger partial charge in [0.2, 0.25) is 0 Å². The van der Waals surface area contributed by atoms with E-state index in [-0.39, 0.29) is 24.7 Å². The molecule has 0 amide bonds. The Balaban J connectivity index is 1.96. The topological polar surface area (TPSA) is 202 Å². The van der Waals surface area contributed by atoms with Gasteiger partial charge in [0, 0.05) is 12.8 Å². The lowest BCUT2D eigenvalue weighted by Crippen LogP contribution is -2.64. The summed E-state index contributed by atoms with van der Waals surface area (Å²) in [5.41, 5.74) is 0. The molecule has 0 aromatic carbocycles.